The number of fused-ring (bicyclic) bond motifs is 1. The Hall–Kier alpha value is -2.96. The molecule has 1 unspecified atom stereocenters. The molecule has 4 rings (SSSR count). The number of aromatic nitrogens is 4. The minimum Gasteiger partial charge on any atom is -0.355 e. The van der Waals surface area contributed by atoms with Crippen LogP contribution in [0.5, 0.6) is 0 Å². The number of benzene rings is 1. The Kier molecular flexibility index (Phi) is 4.05. The highest BCUT2D eigenvalue weighted by Crippen LogP contribution is 2.27. The van der Waals surface area contributed by atoms with E-state index in [-0.39, 0.29) is 11.8 Å². The number of carbonyl (C=O) groups is 1. The summed E-state index contributed by atoms with van der Waals surface area (Å²) in [4.78, 5) is 23.5. The van der Waals surface area contributed by atoms with Crippen molar-refractivity contribution in [2.45, 2.75) is 12.8 Å². The third kappa shape index (κ3) is 3.05. The van der Waals surface area contributed by atoms with Crippen molar-refractivity contribution in [2.24, 2.45) is 13.0 Å². The molecule has 1 aromatic carbocycles. The average molecular weight is 336 g/mol. The summed E-state index contributed by atoms with van der Waals surface area (Å²) in [6.07, 6.45) is 5.19. The number of rotatable bonds is 3. The zero-order valence-electron chi connectivity index (χ0n) is 14.1. The van der Waals surface area contributed by atoms with Crippen LogP contribution >= 0.6 is 0 Å². The summed E-state index contributed by atoms with van der Waals surface area (Å²) in [7, 11) is 1.87. The van der Waals surface area contributed by atoms with Crippen molar-refractivity contribution >= 4 is 28.4 Å². The van der Waals surface area contributed by atoms with Crippen molar-refractivity contribution in [3.05, 3.63) is 42.9 Å². The van der Waals surface area contributed by atoms with E-state index in [1.165, 1.54) is 0 Å². The fourth-order valence-corrected chi connectivity index (χ4v) is 3.35. The summed E-state index contributed by atoms with van der Waals surface area (Å²) < 4.78 is 1.74. The van der Waals surface area contributed by atoms with Gasteiger partial charge in [0.1, 0.15) is 12.1 Å². The van der Waals surface area contributed by atoms with Gasteiger partial charge in [0.2, 0.25) is 5.91 Å². The second-order valence-corrected chi connectivity index (χ2v) is 6.34. The summed E-state index contributed by atoms with van der Waals surface area (Å²) in [5, 5.41) is 8.20. The Balaban J connectivity index is 1.53. The molecule has 1 amide bonds. The first kappa shape index (κ1) is 15.6. The summed E-state index contributed by atoms with van der Waals surface area (Å²) in [6, 6.07) is 9.59. The highest BCUT2D eigenvalue weighted by atomic mass is 16.1. The number of hydrogen-bond donors (Lipinski definition) is 1. The van der Waals surface area contributed by atoms with Gasteiger partial charge in [-0.1, -0.05) is 18.2 Å². The van der Waals surface area contributed by atoms with Crippen molar-refractivity contribution in [2.75, 3.05) is 23.3 Å². The Bertz CT molecular complexity index is 891. The first-order chi connectivity index (χ1) is 12.2. The first-order valence-electron chi connectivity index (χ1n) is 8.46. The molecule has 1 atom stereocenters. The SMILES string of the molecule is Cn1ncc2c(N3CCCC(C(=O)Nc4ccccc4)C3)ncnc21. The topological polar surface area (TPSA) is 75.9 Å². The van der Waals surface area contributed by atoms with Crippen molar-refractivity contribution < 1.29 is 4.79 Å². The molecule has 7 nitrogen and oxygen atoms in total. The van der Waals surface area contributed by atoms with Gasteiger partial charge in [0.05, 0.1) is 17.5 Å². The molecule has 0 radical (unpaired) electrons. The molecule has 3 aromatic rings. The van der Waals surface area contributed by atoms with Crippen LogP contribution in [-0.2, 0) is 11.8 Å². The van der Waals surface area contributed by atoms with Gasteiger partial charge in [0.25, 0.3) is 0 Å². The fraction of sp³-hybridized carbons (Fsp3) is 0.333. The standard InChI is InChI=1S/C18H20N6O/c1-23-16-15(10-21-23)17(20-12-19-16)24-9-5-6-13(11-24)18(25)22-14-7-3-2-4-8-14/h2-4,7-8,10,12-13H,5-6,9,11H2,1H3,(H,22,25). The van der Waals surface area contributed by atoms with Crippen LogP contribution in [0.4, 0.5) is 11.5 Å². The van der Waals surface area contributed by atoms with Crippen LogP contribution < -0.4 is 10.2 Å². The molecule has 2 aromatic heterocycles. The van der Waals surface area contributed by atoms with Crippen LogP contribution in [0, 0.1) is 5.92 Å². The molecule has 1 fully saturated rings. The van der Waals surface area contributed by atoms with E-state index in [0.29, 0.717) is 6.54 Å². The van der Waals surface area contributed by atoms with Crippen LogP contribution in [0.1, 0.15) is 12.8 Å². The van der Waals surface area contributed by atoms with E-state index in [2.05, 4.69) is 25.3 Å². The van der Waals surface area contributed by atoms with E-state index in [4.69, 9.17) is 0 Å². The monoisotopic (exact) mass is 336 g/mol. The predicted molar refractivity (Wildman–Crippen MR) is 96.3 cm³/mol. The summed E-state index contributed by atoms with van der Waals surface area (Å²) in [5.41, 5.74) is 1.64. The fourth-order valence-electron chi connectivity index (χ4n) is 3.35. The zero-order chi connectivity index (χ0) is 17.2. The number of amides is 1. The number of hydrogen-bond acceptors (Lipinski definition) is 5. The Morgan fingerprint density at radius 3 is 2.92 bits per heavy atom. The van der Waals surface area contributed by atoms with E-state index in [1.807, 2.05) is 37.4 Å². The largest absolute Gasteiger partial charge is 0.355 e. The smallest absolute Gasteiger partial charge is 0.229 e. The second-order valence-electron chi connectivity index (χ2n) is 6.34. The maximum absolute atomic E-state index is 12.6. The van der Waals surface area contributed by atoms with Gasteiger partial charge in [0, 0.05) is 25.8 Å². The number of nitrogens with one attached hydrogen (secondary N) is 1. The molecule has 1 saturated heterocycles. The molecule has 1 aliphatic rings. The Labute approximate surface area is 145 Å². The second kappa shape index (κ2) is 6.51. The molecule has 0 aliphatic carbocycles. The van der Waals surface area contributed by atoms with Gasteiger partial charge < -0.3 is 10.2 Å². The van der Waals surface area contributed by atoms with Gasteiger partial charge in [0.15, 0.2) is 5.65 Å². The van der Waals surface area contributed by atoms with Crippen LogP contribution in [-0.4, -0.2) is 38.7 Å². The van der Waals surface area contributed by atoms with E-state index in [9.17, 15) is 4.79 Å². The molecule has 25 heavy (non-hydrogen) atoms. The van der Waals surface area contributed by atoms with Gasteiger partial charge in [-0.2, -0.15) is 5.10 Å². The lowest BCUT2D eigenvalue weighted by Gasteiger charge is -2.33. The van der Waals surface area contributed by atoms with E-state index < -0.39 is 0 Å². The van der Waals surface area contributed by atoms with E-state index in [0.717, 1.165) is 41.9 Å². The number of anilines is 2. The number of aryl methyl sites for hydroxylation is 1. The highest BCUT2D eigenvalue weighted by Gasteiger charge is 2.28. The summed E-state index contributed by atoms with van der Waals surface area (Å²) in [6.45, 7) is 1.54. The minimum atomic E-state index is -0.0596. The third-order valence-corrected chi connectivity index (χ3v) is 4.64. The normalized spacial score (nSPS) is 17.6. The van der Waals surface area contributed by atoms with Crippen molar-refractivity contribution in [3.8, 4) is 0 Å². The average Bonchev–Trinajstić information content (AvgIpc) is 3.04. The van der Waals surface area contributed by atoms with Gasteiger partial charge in [-0.25, -0.2) is 9.97 Å². The summed E-state index contributed by atoms with van der Waals surface area (Å²) >= 11 is 0. The molecule has 1 N–H and O–H groups in total. The molecule has 0 saturated carbocycles. The lowest BCUT2D eigenvalue weighted by molar-refractivity contribution is -0.120. The van der Waals surface area contributed by atoms with Crippen molar-refractivity contribution in [1.29, 1.82) is 0 Å². The van der Waals surface area contributed by atoms with Gasteiger partial charge >= 0.3 is 0 Å². The van der Waals surface area contributed by atoms with Crippen LogP contribution in [0.3, 0.4) is 0 Å². The van der Waals surface area contributed by atoms with Crippen LogP contribution in [0.2, 0.25) is 0 Å². The number of nitrogens with zero attached hydrogens (tertiary/aromatic N) is 5. The van der Waals surface area contributed by atoms with E-state index in [1.54, 1.807) is 17.2 Å². The molecular formula is C18H20N6O. The zero-order valence-corrected chi connectivity index (χ0v) is 14.1. The van der Waals surface area contributed by atoms with Gasteiger partial charge in [-0.15, -0.1) is 0 Å². The molecule has 1 aliphatic heterocycles. The van der Waals surface area contributed by atoms with E-state index >= 15 is 0 Å². The molecule has 0 bridgehead atoms. The van der Waals surface area contributed by atoms with Gasteiger partial charge in [-0.05, 0) is 25.0 Å². The maximum atomic E-state index is 12.6. The highest BCUT2D eigenvalue weighted by molar-refractivity contribution is 5.93. The number of piperidine rings is 1. The van der Waals surface area contributed by atoms with Crippen LogP contribution in [0.25, 0.3) is 11.0 Å². The Morgan fingerprint density at radius 2 is 2.08 bits per heavy atom. The molecular weight excluding hydrogens is 316 g/mol. The van der Waals surface area contributed by atoms with Gasteiger partial charge in [-0.3, -0.25) is 9.48 Å². The first-order valence-corrected chi connectivity index (χ1v) is 8.46. The third-order valence-electron chi connectivity index (χ3n) is 4.64. The Morgan fingerprint density at radius 1 is 1.24 bits per heavy atom. The predicted octanol–water partition coefficient (Wildman–Crippen LogP) is 2.22. The number of para-hydroxylation sites is 1. The maximum Gasteiger partial charge on any atom is 0.229 e. The summed E-state index contributed by atoms with van der Waals surface area (Å²) in [5.74, 6) is 0.860. The minimum absolute atomic E-state index is 0.0596. The van der Waals surface area contributed by atoms with Crippen LogP contribution in [0.15, 0.2) is 42.9 Å². The molecule has 7 heteroatoms. The molecule has 0 spiro atoms. The lowest BCUT2D eigenvalue weighted by Crippen LogP contribution is -2.41. The van der Waals surface area contributed by atoms with Crippen molar-refractivity contribution in [3.63, 3.8) is 0 Å². The quantitative estimate of drug-likeness (QED) is 0.794. The molecule has 3 heterocycles. The number of carbonyl (C=O) groups excluding carboxylic acids is 1. The van der Waals surface area contributed by atoms with Crippen molar-refractivity contribution in [1.82, 2.24) is 19.7 Å². The molecule has 128 valence electrons. The lowest BCUT2D eigenvalue weighted by atomic mass is 9.97.